The summed E-state index contributed by atoms with van der Waals surface area (Å²) in [4.78, 5) is 15.2. The van der Waals surface area contributed by atoms with E-state index in [1.54, 1.807) is 0 Å². The van der Waals surface area contributed by atoms with Crippen molar-refractivity contribution in [1.29, 1.82) is 0 Å². The van der Waals surface area contributed by atoms with Crippen molar-refractivity contribution in [2.24, 2.45) is 0 Å². The summed E-state index contributed by atoms with van der Waals surface area (Å²) in [6, 6.07) is 7.42. The number of hydrogen-bond donors (Lipinski definition) is 1. The van der Waals surface area contributed by atoms with E-state index in [4.69, 9.17) is 4.74 Å². The molecule has 2 aliphatic heterocycles. The molecule has 1 aromatic carbocycles. The number of rotatable bonds is 7. The van der Waals surface area contributed by atoms with E-state index in [2.05, 4.69) is 22.3 Å². The van der Waals surface area contributed by atoms with Gasteiger partial charge in [0.2, 0.25) is 15.9 Å². The maximum Gasteiger partial charge on any atom is 0.238 e. The molecule has 1 aromatic rings. The van der Waals surface area contributed by atoms with E-state index >= 15 is 0 Å². The van der Waals surface area contributed by atoms with Gasteiger partial charge < -0.3 is 15.0 Å². The number of nitrogens with zero attached hydrogens (tertiary/aromatic N) is 2. The second-order valence-corrected chi connectivity index (χ2v) is 9.90. The average molecular weight is 424 g/mol. The maximum atomic E-state index is 12.9. The molecule has 0 aliphatic carbocycles. The monoisotopic (exact) mass is 423 g/mol. The molecule has 2 saturated heterocycles. The zero-order chi connectivity index (χ0) is 20.9. The van der Waals surface area contributed by atoms with Crippen LogP contribution in [0.3, 0.4) is 0 Å². The molecule has 1 N–H and O–H groups in total. The molecule has 0 radical (unpaired) electrons. The lowest BCUT2D eigenvalue weighted by Crippen LogP contribution is -2.52. The number of ether oxygens (including phenoxy) is 1. The van der Waals surface area contributed by atoms with Gasteiger partial charge in [0.05, 0.1) is 25.0 Å². The molecule has 1 amide bonds. The fourth-order valence-electron chi connectivity index (χ4n) is 4.06. The minimum atomic E-state index is -3.39. The zero-order valence-corrected chi connectivity index (χ0v) is 18.3. The van der Waals surface area contributed by atoms with Crippen LogP contribution in [-0.4, -0.2) is 63.3 Å². The summed E-state index contributed by atoms with van der Waals surface area (Å²) in [7, 11) is -3.39. The van der Waals surface area contributed by atoms with Crippen molar-refractivity contribution in [1.82, 2.24) is 9.62 Å². The van der Waals surface area contributed by atoms with Gasteiger partial charge in [0.15, 0.2) is 0 Å². The van der Waals surface area contributed by atoms with Crippen LogP contribution in [0, 0.1) is 0 Å². The van der Waals surface area contributed by atoms with Crippen molar-refractivity contribution >= 4 is 21.6 Å². The molecule has 0 saturated carbocycles. The Morgan fingerprint density at radius 3 is 2.52 bits per heavy atom. The number of sulfonamides is 1. The smallest absolute Gasteiger partial charge is 0.238 e. The molecule has 2 fully saturated rings. The van der Waals surface area contributed by atoms with Gasteiger partial charge in [-0.05, 0) is 43.9 Å². The minimum absolute atomic E-state index is 0.0926. The SMILES string of the molecule is CCCS(=O)(=O)N1CCCCC1C(=O)NC(C)c1ccc(N2CCOCC2)cc1. The Labute approximate surface area is 174 Å². The summed E-state index contributed by atoms with van der Waals surface area (Å²) in [6.07, 6.45) is 2.82. The number of anilines is 1. The number of piperidine rings is 1. The molecule has 0 spiro atoms. The molecule has 2 heterocycles. The lowest BCUT2D eigenvalue weighted by atomic mass is 10.0. The van der Waals surface area contributed by atoms with Crippen LogP contribution < -0.4 is 10.2 Å². The standard InChI is InChI=1S/C21H33N3O4S/c1-3-16-29(26,27)24-11-5-4-6-20(24)21(25)22-17(2)18-7-9-19(10-8-18)23-12-14-28-15-13-23/h7-10,17,20H,3-6,11-16H2,1-2H3,(H,22,25). The lowest BCUT2D eigenvalue weighted by molar-refractivity contribution is -0.126. The van der Waals surface area contributed by atoms with Crippen molar-refractivity contribution in [3.05, 3.63) is 29.8 Å². The van der Waals surface area contributed by atoms with Gasteiger partial charge in [-0.15, -0.1) is 0 Å². The first-order chi connectivity index (χ1) is 13.9. The van der Waals surface area contributed by atoms with Crippen molar-refractivity contribution < 1.29 is 17.9 Å². The number of carbonyl (C=O) groups excluding carboxylic acids is 1. The highest BCUT2D eigenvalue weighted by Gasteiger charge is 2.36. The number of morpholine rings is 1. The normalized spacial score (nSPS) is 22.3. The summed E-state index contributed by atoms with van der Waals surface area (Å²) >= 11 is 0. The van der Waals surface area contributed by atoms with Crippen LogP contribution in [0.15, 0.2) is 24.3 Å². The summed E-state index contributed by atoms with van der Waals surface area (Å²) in [5.41, 5.74) is 2.16. The van der Waals surface area contributed by atoms with E-state index in [0.717, 1.165) is 50.4 Å². The van der Waals surface area contributed by atoms with Crippen molar-refractivity contribution in [2.45, 2.75) is 51.6 Å². The van der Waals surface area contributed by atoms with Crippen LogP contribution in [-0.2, 0) is 19.6 Å². The third kappa shape index (κ3) is 5.49. The minimum Gasteiger partial charge on any atom is -0.378 e. The second kappa shape index (κ2) is 9.91. The molecular formula is C21H33N3O4S. The summed E-state index contributed by atoms with van der Waals surface area (Å²) in [5, 5.41) is 3.03. The molecule has 0 aromatic heterocycles. The van der Waals surface area contributed by atoms with Gasteiger partial charge in [0.1, 0.15) is 6.04 Å². The Bertz CT molecular complexity index is 776. The highest BCUT2D eigenvalue weighted by molar-refractivity contribution is 7.89. The Morgan fingerprint density at radius 2 is 1.86 bits per heavy atom. The van der Waals surface area contributed by atoms with Crippen LogP contribution in [0.1, 0.15) is 51.1 Å². The third-order valence-electron chi connectivity index (χ3n) is 5.70. The van der Waals surface area contributed by atoms with Crippen LogP contribution >= 0.6 is 0 Å². The molecular weight excluding hydrogens is 390 g/mol. The van der Waals surface area contributed by atoms with E-state index in [-0.39, 0.29) is 17.7 Å². The van der Waals surface area contributed by atoms with Crippen molar-refractivity contribution in [3.8, 4) is 0 Å². The lowest BCUT2D eigenvalue weighted by Gasteiger charge is -2.34. The summed E-state index contributed by atoms with van der Waals surface area (Å²) < 4.78 is 32.0. The number of benzene rings is 1. The Kier molecular flexibility index (Phi) is 7.54. The predicted molar refractivity (Wildman–Crippen MR) is 114 cm³/mol. The van der Waals surface area contributed by atoms with Crippen molar-refractivity contribution in [2.75, 3.05) is 43.5 Å². The van der Waals surface area contributed by atoms with Crippen LogP contribution in [0.5, 0.6) is 0 Å². The second-order valence-electron chi connectivity index (χ2n) is 7.86. The number of amides is 1. The van der Waals surface area contributed by atoms with Gasteiger partial charge in [-0.25, -0.2) is 8.42 Å². The molecule has 2 atom stereocenters. The first-order valence-corrected chi connectivity index (χ1v) is 12.3. The van der Waals surface area contributed by atoms with Crippen LogP contribution in [0.4, 0.5) is 5.69 Å². The number of carbonyl (C=O) groups is 1. The molecule has 2 unspecified atom stereocenters. The quantitative estimate of drug-likeness (QED) is 0.728. The van der Waals surface area contributed by atoms with E-state index < -0.39 is 16.1 Å². The highest BCUT2D eigenvalue weighted by Crippen LogP contribution is 2.24. The molecule has 0 bridgehead atoms. The van der Waals surface area contributed by atoms with Gasteiger partial charge >= 0.3 is 0 Å². The van der Waals surface area contributed by atoms with Crippen LogP contribution in [0.2, 0.25) is 0 Å². The highest BCUT2D eigenvalue weighted by atomic mass is 32.2. The third-order valence-corrected chi connectivity index (χ3v) is 7.78. The Hall–Kier alpha value is -1.64. The molecule has 29 heavy (non-hydrogen) atoms. The van der Waals surface area contributed by atoms with E-state index in [0.29, 0.717) is 19.4 Å². The largest absolute Gasteiger partial charge is 0.378 e. The Morgan fingerprint density at radius 1 is 1.17 bits per heavy atom. The predicted octanol–water partition coefficient (Wildman–Crippen LogP) is 2.29. The van der Waals surface area contributed by atoms with E-state index in [9.17, 15) is 13.2 Å². The fraction of sp³-hybridized carbons (Fsp3) is 0.667. The molecule has 162 valence electrons. The van der Waals surface area contributed by atoms with Gasteiger partial charge in [-0.3, -0.25) is 4.79 Å². The van der Waals surface area contributed by atoms with Crippen molar-refractivity contribution in [3.63, 3.8) is 0 Å². The topological polar surface area (TPSA) is 79.0 Å². The fourth-order valence-corrected chi connectivity index (χ4v) is 5.81. The first-order valence-electron chi connectivity index (χ1n) is 10.6. The van der Waals surface area contributed by atoms with Crippen LogP contribution in [0.25, 0.3) is 0 Å². The molecule has 3 rings (SSSR count). The molecule has 8 heteroatoms. The van der Waals surface area contributed by atoms with Gasteiger partial charge in [-0.2, -0.15) is 4.31 Å². The maximum absolute atomic E-state index is 12.9. The molecule has 7 nitrogen and oxygen atoms in total. The molecule has 2 aliphatic rings. The van der Waals surface area contributed by atoms with Gasteiger partial charge in [-0.1, -0.05) is 25.5 Å². The number of nitrogens with one attached hydrogen (secondary N) is 1. The summed E-state index contributed by atoms with van der Waals surface area (Å²) in [6.45, 7) is 7.47. The summed E-state index contributed by atoms with van der Waals surface area (Å²) in [5.74, 6) is -0.107. The first kappa shape index (κ1) is 22.1. The van der Waals surface area contributed by atoms with E-state index in [1.165, 1.54) is 4.31 Å². The zero-order valence-electron chi connectivity index (χ0n) is 17.5. The van der Waals surface area contributed by atoms with E-state index in [1.807, 2.05) is 26.0 Å². The average Bonchev–Trinajstić information content (AvgIpc) is 2.74. The van der Waals surface area contributed by atoms with Gasteiger partial charge in [0, 0.05) is 25.3 Å². The van der Waals surface area contributed by atoms with Gasteiger partial charge in [0.25, 0.3) is 0 Å². The Balaban J connectivity index is 1.64. The number of hydrogen-bond acceptors (Lipinski definition) is 5.